The van der Waals surface area contributed by atoms with E-state index < -0.39 is 23.1 Å². The number of benzene rings is 1. The lowest BCUT2D eigenvalue weighted by Gasteiger charge is -2.33. The average Bonchev–Trinajstić information content (AvgIpc) is 2.61. The third kappa shape index (κ3) is 3.38. The summed E-state index contributed by atoms with van der Waals surface area (Å²) in [6, 6.07) is 2.36. The van der Waals surface area contributed by atoms with Gasteiger partial charge in [0.25, 0.3) is 5.91 Å². The first-order chi connectivity index (χ1) is 12.3. The zero-order chi connectivity index (χ0) is 18.9. The highest BCUT2D eigenvalue weighted by molar-refractivity contribution is 6.05. The van der Waals surface area contributed by atoms with Gasteiger partial charge in [0.15, 0.2) is 0 Å². The van der Waals surface area contributed by atoms with Crippen molar-refractivity contribution in [1.29, 1.82) is 0 Å². The summed E-state index contributed by atoms with van der Waals surface area (Å²) < 4.78 is 13.9. The summed E-state index contributed by atoms with van der Waals surface area (Å²) in [4.78, 5) is 33.1. The Kier molecular flexibility index (Phi) is 4.89. The van der Waals surface area contributed by atoms with Crippen molar-refractivity contribution in [3.8, 4) is 0 Å². The molecule has 0 aliphatic heterocycles. The van der Waals surface area contributed by atoms with Crippen LogP contribution in [-0.4, -0.2) is 33.5 Å². The Labute approximate surface area is 150 Å². The molecule has 0 unspecified atom stereocenters. The minimum atomic E-state index is -0.949. The van der Waals surface area contributed by atoms with Gasteiger partial charge in [0.05, 0.1) is 27.9 Å². The van der Waals surface area contributed by atoms with Crippen LogP contribution in [0.4, 0.5) is 4.39 Å². The molecule has 0 bridgehead atoms. The van der Waals surface area contributed by atoms with Crippen molar-refractivity contribution in [2.45, 2.75) is 46.0 Å². The van der Waals surface area contributed by atoms with Gasteiger partial charge >= 0.3 is 5.97 Å². The number of hydrogen-bond acceptors (Lipinski definition) is 4. The number of rotatable bonds is 4. The smallest absolute Gasteiger partial charge is 0.311 e. The Morgan fingerprint density at radius 1 is 1.15 bits per heavy atom. The van der Waals surface area contributed by atoms with Crippen LogP contribution in [0.3, 0.4) is 0 Å². The molecule has 0 spiro atoms. The van der Waals surface area contributed by atoms with Gasteiger partial charge in [-0.25, -0.2) is 14.4 Å². The van der Waals surface area contributed by atoms with Crippen LogP contribution in [0.5, 0.6) is 0 Å². The van der Waals surface area contributed by atoms with Crippen LogP contribution in [0, 0.1) is 25.1 Å². The van der Waals surface area contributed by atoms with Gasteiger partial charge in [0, 0.05) is 12.6 Å². The molecule has 0 radical (unpaired) electrons. The maximum Gasteiger partial charge on any atom is 0.311 e. The fourth-order valence-electron chi connectivity index (χ4n) is 3.51. The van der Waals surface area contributed by atoms with Crippen molar-refractivity contribution in [3.63, 3.8) is 0 Å². The minimum absolute atomic E-state index is 0.0252. The molecule has 1 aromatic heterocycles. The van der Waals surface area contributed by atoms with Gasteiger partial charge < -0.3 is 10.4 Å². The molecule has 2 N–H and O–H groups in total. The lowest BCUT2D eigenvalue weighted by molar-refractivity contribution is -0.150. The third-order valence-electron chi connectivity index (χ3n) is 5.24. The summed E-state index contributed by atoms with van der Waals surface area (Å²) in [7, 11) is 0. The first kappa shape index (κ1) is 18.2. The Balaban J connectivity index is 1.90. The summed E-state index contributed by atoms with van der Waals surface area (Å²) in [6.45, 7) is 3.57. The third-order valence-corrected chi connectivity index (χ3v) is 5.24. The van der Waals surface area contributed by atoms with E-state index in [4.69, 9.17) is 0 Å². The van der Waals surface area contributed by atoms with Crippen LogP contribution in [0.25, 0.3) is 11.0 Å². The Bertz CT molecular complexity index is 876. The number of halogens is 1. The number of aliphatic carboxylic acids is 1. The zero-order valence-electron chi connectivity index (χ0n) is 14.9. The summed E-state index contributed by atoms with van der Waals surface area (Å²) in [6.07, 6.45) is 3.73. The first-order valence-corrected chi connectivity index (χ1v) is 8.78. The SMILES string of the molecule is Cc1nc2cc(F)cc(C(=O)NCC3(C(=O)O)CCCCC3)c2nc1C. The monoisotopic (exact) mass is 359 g/mol. The van der Waals surface area contributed by atoms with E-state index in [9.17, 15) is 19.1 Å². The second-order valence-corrected chi connectivity index (χ2v) is 7.04. The number of carboxylic acid groups (broad SMARTS) is 1. The highest BCUT2D eigenvalue weighted by Gasteiger charge is 2.40. The van der Waals surface area contributed by atoms with Crippen molar-refractivity contribution < 1.29 is 19.1 Å². The first-order valence-electron chi connectivity index (χ1n) is 8.78. The maximum absolute atomic E-state index is 13.9. The van der Waals surface area contributed by atoms with Crippen LogP contribution >= 0.6 is 0 Å². The number of aryl methyl sites for hydroxylation is 2. The number of aromatic nitrogens is 2. The summed E-state index contributed by atoms with van der Waals surface area (Å²) in [5, 5.41) is 12.3. The summed E-state index contributed by atoms with van der Waals surface area (Å²) in [5.41, 5.74) is 1.08. The van der Waals surface area contributed by atoms with E-state index in [0.29, 0.717) is 35.3 Å². The van der Waals surface area contributed by atoms with Gasteiger partial charge in [0.2, 0.25) is 0 Å². The zero-order valence-corrected chi connectivity index (χ0v) is 14.9. The number of amides is 1. The number of nitrogens with one attached hydrogen (secondary N) is 1. The standard InChI is InChI=1S/C19H22FN3O3/c1-11-12(2)23-16-14(8-13(20)9-15(16)22-11)17(24)21-10-19(18(25)26)6-4-3-5-7-19/h8-9H,3-7,10H2,1-2H3,(H,21,24)(H,25,26). The molecule has 0 saturated heterocycles. The highest BCUT2D eigenvalue weighted by atomic mass is 19.1. The van der Waals surface area contributed by atoms with E-state index in [1.807, 2.05) is 0 Å². The van der Waals surface area contributed by atoms with Gasteiger partial charge in [-0.05, 0) is 32.8 Å². The van der Waals surface area contributed by atoms with Gasteiger partial charge in [-0.15, -0.1) is 0 Å². The number of nitrogens with zero attached hydrogens (tertiary/aromatic N) is 2. The van der Waals surface area contributed by atoms with Crippen LogP contribution in [-0.2, 0) is 4.79 Å². The van der Waals surface area contributed by atoms with Crippen molar-refractivity contribution in [2.75, 3.05) is 6.54 Å². The molecule has 1 aliphatic rings. The topological polar surface area (TPSA) is 92.2 Å². The average molecular weight is 359 g/mol. The highest BCUT2D eigenvalue weighted by Crippen LogP contribution is 2.36. The van der Waals surface area contributed by atoms with E-state index in [1.54, 1.807) is 13.8 Å². The molecule has 1 saturated carbocycles. The van der Waals surface area contributed by atoms with Crippen molar-refractivity contribution >= 4 is 22.9 Å². The molecule has 26 heavy (non-hydrogen) atoms. The molecule has 1 amide bonds. The largest absolute Gasteiger partial charge is 0.481 e. The number of hydrogen-bond donors (Lipinski definition) is 2. The summed E-state index contributed by atoms with van der Waals surface area (Å²) in [5.74, 6) is -2.00. The van der Waals surface area contributed by atoms with Crippen LogP contribution in [0.1, 0.15) is 53.8 Å². The van der Waals surface area contributed by atoms with E-state index in [2.05, 4.69) is 15.3 Å². The second kappa shape index (κ2) is 6.97. The maximum atomic E-state index is 13.9. The van der Waals surface area contributed by atoms with Crippen LogP contribution in [0.2, 0.25) is 0 Å². The lowest BCUT2D eigenvalue weighted by Crippen LogP contribution is -2.44. The number of carbonyl (C=O) groups excluding carboxylic acids is 1. The molecule has 138 valence electrons. The van der Waals surface area contributed by atoms with E-state index >= 15 is 0 Å². The normalized spacial score (nSPS) is 16.4. The van der Waals surface area contributed by atoms with Crippen molar-refractivity contribution in [3.05, 3.63) is 34.9 Å². The molecule has 1 aliphatic carbocycles. The Morgan fingerprint density at radius 3 is 2.46 bits per heavy atom. The minimum Gasteiger partial charge on any atom is -0.481 e. The van der Waals surface area contributed by atoms with Gasteiger partial charge in [-0.1, -0.05) is 19.3 Å². The van der Waals surface area contributed by atoms with E-state index in [-0.39, 0.29) is 12.1 Å². The predicted molar refractivity (Wildman–Crippen MR) is 94.5 cm³/mol. The predicted octanol–water partition coefficient (Wildman–Crippen LogP) is 3.15. The Morgan fingerprint density at radius 2 is 1.81 bits per heavy atom. The molecular formula is C19H22FN3O3. The molecule has 1 fully saturated rings. The van der Waals surface area contributed by atoms with Crippen molar-refractivity contribution in [1.82, 2.24) is 15.3 Å². The fraction of sp³-hybridized carbons (Fsp3) is 0.474. The van der Waals surface area contributed by atoms with Gasteiger partial charge in [-0.3, -0.25) is 9.59 Å². The number of carbonyl (C=O) groups is 2. The van der Waals surface area contributed by atoms with Crippen LogP contribution in [0.15, 0.2) is 12.1 Å². The van der Waals surface area contributed by atoms with Gasteiger partial charge in [-0.2, -0.15) is 0 Å². The molecule has 3 rings (SSSR count). The molecule has 0 atom stereocenters. The molecular weight excluding hydrogens is 337 g/mol. The fourth-order valence-corrected chi connectivity index (χ4v) is 3.51. The molecule has 1 heterocycles. The Hall–Kier alpha value is -2.57. The second-order valence-electron chi connectivity index (χ2n) is 7.04. The van der Waals surface area contributed by atoms with Crippen LogP contribution < -0.4 is 5.32 Å². The summed E-state index contributed by atoms with van der Waals surface area (Å²) >= 11 is 0. The quantitative estimate of drug-likeness (QED) is 0.875. The number of carboxylic acids is 1. The molecule has 7 heteroatoms. The van der Waals surface area contributed by atoms with Gasteiger partial charge in [0.1, 0.15) is 11.3 Å². The molecule has 1 aromatic carbocycles. The van der Waals surface area contributed by atoms with E-state index in [0.717, 1.165) is 25.3 Å². The lowest BCUT2D eigenvalue weighted by atomic mass is 9.74. The van der Waals surface area contributed by atoms with E-state index in [1.165, 1.54) is 6.07 Å². The number of fused-ring (bicyclic) bond motifs is 1. The van der Waals surface area contributed by atoms with Crippen molar-refractivity contribution in [2.24, 2.45) is 5.41 Å². The molecule has 6 nitrogen and oxygen atoms in total. The molecule has 2 aromatic rings.